The lowest BCUT2D eigenvalue weighted by Crippen LogP contribution is -2.52. The van der Waals surface area contributed by atoms with Gasteiger partial charge >= 0.3 is 5.97 Å². The largest absolute Gasteiger partial charge is 0.466 e. The molecule has 2 heteroatoms. The number of hydrogen-bond donors (Lipinski definition) is 0. The molecule has 2 aliphatic rings. The average molecular weight is 328 g/mol. The van der Waals surface area contributed by atoms with E-state index in [1.165, 1.54) is 23.1 Å². The molecule has 0 spiro atoms. The number of aryl methyl sites for hydroxylation is 1. The fourth-order valence-corrected chi connectivity index (χ4v) is 5.41. The van der Waals surface area contributed by atoms with Gasteiger partial charge in [-0.2, -0.15) is 0 Å². The van der Waals surface area contributed by atoms with Crippen LogP contribution in [0, 0.1) is 11.3 Å². The van der Waals surface area contributed by atoms with Crippen LogP contribution in [0.25, 0.3) is 0 Å². The Morgan fingerprint density at radius 3 is 2.71 bits per heavy atom. The lowest BCUT2D eigenvalue weighted by Gasteiger charge is -2.54. The summed E-state index contributed by atoms with van der Waals surface area (Å²) in [7, 11) is 0. The molecule has 1 saturated carbocycles. The van der Waals surface area contributed by atoms with Gasteiger partial charge in [0.2, 0.25) is 0 Å². The van der Waals surface area contributed by atoms with E-state index in [-0.39, 0.29) is 16.8 Å². The number of carbonyl (C=O) groups excluding carboxylic acids is 1. The lowest BCUT2D eigenvalue weighted by atomic mass is 9.49. The van der Waals surface area contributed by atoms with E-state index in [1.807, 2.05) is 6.92 Å². The molecule has 0 N–H and O–H groups in total. The van der Waals surface area contributed by atoms with Gasteiger partial charge in [-0.25, -0.2) is 0 Å². The van der Waals surface area contributed by atoms with Crippen molar-refractivity contribution in [1.29, 1.82) is 0 Å². The predicted octanol–water partition coefficient (Wildman–Crippen LogP) is 5.38. The maximum Gasteiger partial charge on any atom is 0.312 e. The summed E-state index contributed by atoms with van der Waals surface area (Å²) in [6.45, 7) is 11.4. The zero-order valence-electron chi connectivity index (χ0n) is 15.9. The number of esters is 1. The number of carbonyl (C=O) groups is 1. The van der Waals surface area contributed by atoms with Crippen molar-refractivity contribution in [2.75, 3.05) is 6.61 Å². The molecule has 0 unspecified atom stereocenters. The van der Waals surface area contributed by atoms with Crippen molar-refractivity contribution in [1.82, 2.24) is 0 Å². The van der Waals surface area contributed by atoms with Crippen molar-refractivity contribution in [3.8, 4) is 0 Å². The normalized spacial score (nSPS) is 32.2. The second kappa shape index (κ2) is 6.20. The summed E-state index contributed by atoms with van der Waals surface area (Å²) < 4.78 is 5.48. The first-order valence-corrected chi connectivity index (χ1v) is 9.63. The molecule has 0 heterocycles. The quantitative estimate of drug-likeness (QED) is 0.696. The summed E-state index contributed by atoms with van der Waals surface area (Å²) in [6, 6.07) is 7.07. The highest BCUT2D eigenvalue weighted by Crippen LogP contribution is 2.57. The Labute approximate surface area is 147 Å². The van der Waals surface area contributed by atoms with Gasteiger partial charge in [0.05, 0.1) is 12.0 Å². The highest BCUT2D eigenvalue weighted by atomic mass is 16.5. The maximum absolute atomic E-state index is 12.8. The highest BCUT2D eigenvalue weighted by Gasteiger charge is 2.55. The fraction of sp³-hybridized carbons (Fsp3) is 0.682. The minimum atomic E-state index is -0.336. The van der Waals surface area contributed by atoms with Gasteiger partial charge < -0.3 is 4.74 Å². The van der Waals surface area contributed by atoms with Crippen molar-refractivity contribution in [3.63, 3.8) is 0 Å². The van der Waals surface area contributed by atoms with Crippen LogP contribution in [0.5, 0.6) is 0 Å². The zero-order valence-corrected chi connectivity index (χ0v) is 15.9. The molecule has 0 bridgehead atoms. The van der Waals surface area contributed by atoms with Crippen LogP contribution in [-0.4, -0.2) is 12.6 Å². The van der Waals surface area contributed by atoms with Crippen LogP contribution in [0.4, 0.5) is 0 Å². The maximum atomic E-state index is 12.8. The molecule has 1 aromatic carbocycles. The highest BCUT2D eigenvalue weighted by molar-refractivity contribution is 5.77. The Bertz CT molecular complexity index is 633. The number of rotatable bonds is 3. The van der Waals surface area contributed by atoms with Gasteiger partial charge in [0, 0.05) is 0 Å². The fourth-order valence-electron chi connectivity index (χ4n) is 5.41. The first-order chi connectivity index (χ1) is 11.3. The summed E-state index contributed by atoms with van der Waals surface area (Å²) in [5.74, 6) is 0.968. The van der Waals surface area contributed by atoms with E-state index in [1.54, 1.807) is 0 Å². The molecule has 0 amide bonds. The van der Waals surface area contributed by atoms with E-state index in [2.05, 4.69) is 45.9 Å². The molecule has 0 aromatic heterocycles. The molecule has 3 rings (SSSR count). The molecule has 0 saturated heterocycles. The minimum absolute atomic E-state index is 0.0168. The van der Waals surface area contributed by atoms with Crippen molar-refractivity contribution >= 4 is 5.97 Å². The number of fused-ring (bicyclic) bond motifs is 3. The summed E-state index contributed by atoms with van der Waals surface area (Å²) in [5.41, 5.74) is 4.19. The van der Waals surface area contributed by atoms with Gasteiger partial charge in [-0.15, -0.1) is 0 Å². The van der Waals surface area contributed by atoms with Crippen LogP contribution in [-0.2, 0) is 21.4 Å². The van der Waals surface area contributed by atoms with E-state index < -0.39 is 0 Å². The van der Waals surface area contributed by atoms with E-state index in [9.17, 15) is 4.79 Å². The monoisotopic (exact) mass is 328 g/mol. The molecular weight excluding hydrogens is 296 g/mol. The SMILES string of the molecule is CCOC(=O)[C@]1(C)CCC[C@]2(C)c3ccc(C(C)C)cc3CC[C@@H]12. The molecule has 3 atom stereocenters. The van der Waals surface area contributed by atoms with Crippen LogP contribution in [0.3, 0.4) is 0 Å². The van der Waals surface area contributed by atoms with Gasteiger partial charge in [0.25, 0.3) is 0 Å². The average Bonchev–Trinajstić information content (AvgIpc) is 2.54. The van der Waals surface area contributed by atoms with Crippen LogP contribution in [0.15, 0.2) is 18.2 Å². The Morgan fingerprint density at radius 1 is 1.29 bits per heavy atom. The van der Waals surface area contributed by atoms with Gasteiger partial charge in [0.1, 0.15) is 0 Å². The molecule has 24 heavy (non-hydrogen) atoms. The van der Waals surface area contributed by atoms with Crippen LogP contribution in [0.2, 0.25) is 0 Å². The summed E-state index contributed by atoms with van der Waals surface area (Å²) >= 11 is 0. The Balaban J connectivity index is 2.02. The Kier molecular flexibility index (Phi) is 4.53. The number of benzene rings is 1. The van der Waals surface area contributed by atoms with Gasteiger partial charge in [-0.05, 0) is 73.5 Å². The van der Waals surface area contributed by atoms with E-state index >= 15 is 0 Å². The van der Waals surface area contributed by atoms with Crippen LogP contribution >= 0.6 is 0 Å². The Morgan fingerprint density at radius 2 is 2.04 bits per heavy atom. The van der Waals surface area contributed by atoms with Crippen LogP contribution in [0.1, 0.15) is 82.9 Å². The molecule has 0 aliphatic heterocycles. The third kappa shape index (κ3) is 2.59. The van der Waals surface area contributed by atoms with Crippen molar-refractivity contribution < 1.29 is 9.53 Å². The van der Waals surface area contributed by atoms with Crippen LogP contribution < -0.4 is 0 Å². The number of hydrogen-bond acceptors (Lipinski definition) is 2. The van der Waals surface area contributed by atoms with Gasteiger partial charge in [-0.3, -0.25) is 4.79 Å². The minimum Gasteiger partial charge on any atom is -0.466 e. The Hall–Kier alpha value is -1.31. The van der Waals surface area contributed by atoms with Crippen molar-refractivity contribution in [2.45, 2.75) is 78.1 Å². The predicted molar refractivity (Wildman–Crippen MR) is 98.3 cm³/mol. The molecular formula is C22H32O2. The topological polar surface area (TPSA) is 26.3 Å². The van der Waals surface area contributed by atoms with E-state index in [0.29, 0.717) is 18.4 Å². The standard InChI is InChI=1S/C22H32O2/c1-6-24-20(23)22(5)13-7-12-21(4)18-10-8-16(15(2)3)14-17(18)9-11-19(21)22/h8,10,14-15,19H,6-7,9,11-13H2,1-5H3/t19-,21-,22-/m1/s1. The second-order valence-electron chi connectivity index (χ2n) is 8.57. The summed E-state index contributed by atoms with van der Waals surface area (Å²) in [5, 5.41) is 0. The lowest BCUT2D eigenvalue weighted by molar-refractivity contribution is -0.164. The summed E-state index contributed by atoms with van der Waals surface area (Å²) in [4.78, 5) is 12.8. The molecule has 1 aromatic rings. The van der Waals surface area contributed by atoms with Gasteiger partial charge in [-0.1, -0.05) is 45.4 Å². The zero-order chi connectivity index (χ0) is 17.5. The molecule has 2 aliphatic carbocycles. The van der Waals surface area contributed by atoms with E-state index in [0.717, 1.165) is 25.7 Å². The van der Waals surface area contributed by atoms with Crippen molar-refractivity contribution in [3.05, 3.63) is 34.9 Å². The van der Waals surface area contributed by atoms with Gasteiger partial charge in [0.15, 0.2) is 0 Å². The van der Waals surface area contributed by atoms with Crippen molar-refractivity contribution in [2.24, 2.45) is 11.3 Å². The molecule has 1 fully saturated rings. The first-order valence-electron chi connectivity index (χ1n) is 9.63. The third-order valence-electron chi connectivity index (χ3n) is 6.79. The summed E-state index contributed by atoms with van der Waals surface area (Å²) in [6.07, 6.45) is 5.44. The first kappa shape index (κ1) is 17.5. The molecule has 132 valence electrons. The van der Waals surface area contributed by atoms with E-state index in [4.69, 9.17) is 4.74 Å². The number of ether oxygens (including phenoxy) is 1. The third-order valence-corrected chi connectivity index (χ3v) is 6.79. The second-order valence-corrected chi connectivity index (χ2v) is 8.57. The molecule has 0 radical (unpaired) electrons. The smallest absolute Gasteiger partial charge is 0.312 e. The molecule has 2 nitrogen and oxygen atoms in total.